The Bertz CT molecular complexity index is 607. The van der Waals surface area contributed by atoms with Crippen molar-refractivity contribution in [3.63, 3.8) is 0 Å². The van der Waals surface area contributed by atoms with Crippen LogP contribution in [-0.4, -0.2) is 23.9 Å². The lowest BCUT2D eigenvalue weighted by Crippen LogP contribution is -2.15. The molecule has 0 atom stereocenters. The number of hydrogen-bond acceptors (Lipinski definition) is 5. The highest BCUT2D eigenvalue weighted by molar-refractivity contribution is 5.77. The average molecular weight is 276 g/mol. The van der Waals surface area contributed by atoms with Crippen LogP contribution in [0.4, 0.5) is 5.82 Å². The maximum Gasteiger partial charge on any atom is 0.150 e. The quantitative estimate of drug-likeness (QED) is 0.813. The molecule has 0 saturated heterocycles. The number of hydrogen-bond donors (Lipinski definition) is 2. The summed E-state index contributed by atoms with van der Waals surface area (Å²) >= 11 is 0. The highest BCUT2D eigenvalue weighted by atomic mass is 16.5. The fraction of sp³-hybridized carbons (Fsp3) is 0.357. The normalized spacial score (nSPS) is 10.6. The van der Waals surface area contributed by atoms with Crippen LogP contribution in [0.3, 0.4) is 0 Å². The van der Waals surface area contributed by atoms with E-state index in [1.807, 2.05) is 18.2 Å². The van der Waals surface area contributed by atoms with Crippen molar-refractivity contribution in [1.82, 2.24) is 9.66 Å². The summed E-state index contributed by atoms with van der Waals surface area (Å²) in [6.45, 7) is 2.07. The molecule has 0 bridgehead atoms. The van der Waals surface area contributed by atoms with Crippen molar-refractivity contribution in [2.45, 2.75) is 19.8 Å². The van der Waals surface area contributed by atoms with E-state index in [-0.39, 0.29) is 0 Å². The molecule has 0 fully saturated rings. The molecular formula is C14H20N4O2. The molecule has 1 heterocycles. The van der Waals surface area contributed by atoms with Gasteiger partial charge in [0.05, 0.1) is 14.2 Å². The van der Waals surface area contributed by atoms with Crippen LogP contribution in [0.2, 0.25) is 0 Å². The molecule has 1 aromatic heterocycles. The lowest BCUT2D eigenvalue weighted by atomic mass is 10.1. The fourth-order valence-electron chi connectivity index (χ4n) is 2.09. The summed E-state index contributed by atoms with van der Waals surface area (Å²) in [5.41, 5.74) is 7.45. The first-order valence-electron chi connectivity index (χ1n) is 6.46. The van der Waals surface area contributed by atoms with Gasteiger partial charge in [0.2, 0.25) is 0 Å². The molecule has 0 saturated carbocycles. The number of aryl methyl sites for hydroxylation is 1. The first-order valence-corrected chi connectivity index (χ1v) is 6.46. The Morgan fingerprint density at radius 1 is 1.25 bits per heavy atom. The molecule has 0 unspecified atom stereocenters. The molecule has 2 rings (SSSR count). The van der Waals surface area contributed by atoms with Crippen LogP contribution < -0.4 is 21.1 Å². The van der Waals surface area contributed by atoms with E-state index in [0.717, 1.165) is 24.2 Å². The van der Waals surface area contributed by atoms with Crippen LogP contribution in [0.25, 0.3) is 11.3 Å². The smallest absolute Gasteiger partial charge is 0.150 e. The lowest BCUT2D eigenvalue weighted by molar-refractivity contribution is 0.404. The van der Waals surface area contributed by atoms with Gasteiger partial charge in [-0.05, 0) is 24.6 Å². The van der Waals surface area contributed by atoms with Crippen LogP contribution in [-0.2, 0) is 6.42 Å². The number of benzene rings is 1. The van der Waals surface area contributed by atoms with E-state index in [1.165, 1.54) is 4.68 Å². The molecule has 1 aromatic carbocycles. The van der Waals surface area contributed by atoms with Gasteiger partial charge in [-0.1, -0.05) is 6.92 Å². The third-order valence-corrected chi connectivity index (χ3v) is 3.16. The number of methoxy groups -OCH3 is 2. The van der Waals surface area contributed by atoms with E-state index in [2.05, 4.69) is 11.9 Å². The van der Waals surface area contributed by atoms with E-state index >= 15 is 0 Å². The average Bonchev–Trinajstić information content (AvgIpc) is 2.75. The Hall–Kier alpha value is -2.37. The van der Waals surface area contributed by atoms with Crippen LogP contribution in [0.1, 0.15) is 19.2 Å². The van der Waals surface area contributed by atoms with Crippen molar-refractivity contribution >= 4 is 5.82 Å². The molecule has 0 aliphatic carbocycles. The molecule has 0 aliphatic heterocycles. The Labute approximate surface area is 118 Å². The number of anilines is 1. The molecule has 0 spiro atoms. The standard InChI is InChI=1S/C14H20N4O2/c1-4-5-12-17-13(14(15)18(12)16)10-8-9(19-2)6-7-11(10)20-3/h6-8H,4-5,15-16H2,1-3H3. The predicted molar refractivity (Wildman–Crippen MR) is 79.3 cm³/mol. The summed E-state index contributed by atoms with van der Waals surface area (Å²) in [5, 5.41) is 0. The number of nitrogens with zero attached hydrogens (tertiary/aromatic N) is 2. The van der Waals surface area contributed by atoms with Gasteiger partial charge in [0, 0.05) is 12.0 Å². The van der Waals surface area contributed by atoms with E-state index in [1.54, 1.807) is 14.2 Å². The number of nitrogen functional groups attached to an aromatic ring is 2. The van der Waals surface area contributed by atoms with E-state index < -0.39 is 0 Å². The van der Waals surface area contributed by atoms with Crippen LogP contribution in [0.5, 0.6) is 11.5 Å². The topological polar surface area (TPSA) is 88.3 Å². The third-order valence-electron chi connectivity index (χ3n) is 3.16. The maximum atomic E-state index is 6.06. The summed E-state index contributed by atoms with van der Waals surface area (Å²) in [4.78, 5) is 4.53. The van der Waals surface area contributed by atoms with Crippen molar-refractivity contribution in [2.75, 3.05) is 25.8 Å². The van der Waals surface area contributed by atoms with Gasteiger partial charge >= 0.3 is 0 Å². The minimum atomic E-state index is 0.417. The predicted octanol–water partition coefficient (Wildman–Crippen LogP) is 1.82. The van der Waals surface area contributed by atoms with Gasteiger partial charge in [-0.25, -0.2) is 9.66 Å². The zero-order valence-corrected chi connectivity index (χ0v) is 12.0. The van der Waals surface area contributed by atoms with Crippen molar-refractivity contribution in [2.24, 2.45) is 0 Å². The van der Waals surface area contributed by atoms with Crippen molar-refractivity contribution in [1.29, 1.82) is 0 Å². The molecule has 6 nitrogen and oxygen atoms in total. The first kappa shape index (κ1) is 14.0. The zero-order valence-electron chi connectivity index (χ0n) is 12.0. The van der Waals surface area contributed by atoms with Gasteiger partial charge in [-0.3, -0.25) is 0 Å². The van der Waals surface area contributed by atoms with E-state index in [9.17, 15) is 0 Å². The fourth-order valence-corrected chi connectivity index (χ4v) is 2.09. The summed E-state index contributed by atoms with van der Waals surface area (Å²) in [6, 6.07) is 5.49. The molecule has 108 valence electrons. The summed E-state index contributed by atoms with van der Waals surface area (Å²) in [7, 11) is 3.22. The molecular weight excluding hydrogens is 256 g/mol. The Morgan fingerprint density at radius 3 is 2.60 bits per heavy atom. The maximum absolute atomic E-state index is 6.06. The van der Waals surface area contributed by atoms with Gasteiger partial charge in [0.1, 0.15) is 23.0 Å². The molecule has 4 N–H and O–H groups in total. The highest BCUT2D eigenvalue weighted by Gasteiger charge is 2.18. The van der Waals surface area contributed by atoms with Crippen LogP contribution in [0.15, 0.2) is 18.2 Å². The van der Waals surface area contributed by atoms with E-state index in [4.69, 9.17) is 21.1 Å². The minimum Gasteiger partial charge on any atom is -0.497 e. The minimum absolute atomic E-state index is 0.417. The monoisotopic (exact) mass is 276 g/mol. The van der Waals surface area contributed by atoms with Gasteiger partial charge < -0.3 is 21.1 Å². The highest BCUT2D eigenvalue weighted by Crippen LogP contribution is 2.35. The van der Waals surface area contributed by atoms with Crippen molar-refractivity contribution < 1.29 is 9.47 Å². The SMILES string of the molecule is CCCc1nc(-c2cc(OC)ccc2OC)c(N)n1N. The molecule has 6 heteroatoms. The third kappa shape index (κ3) is 2.36. The van der Waals surface area contributed by atoms with Gasteiger partial charge in [-0.2, -0.15) is 0 Å². The van der Waals surface area contributed by atoms with Crippen LogP contribution >= 0.6 is 0 Å². The number of aromatic nitrogens is 2. The summed E-state index contributed by atoms with van der Waals surface area (Å²) in [5.74, 6) is 8.51. The largest absolute Gasteiger partial charge is 0.497 e. The Morgan fingerprint density at radius 2 is 2.00 bits per heavy atom. The number of rotatable bonds is 5. The Kier molecular flexibility index (Phi) is 4.02. The van der Waals surface area contributed by atoms with Gasteiger partial charge in [0.25, 0.3) is 0 Å². The zero-order chi connectivity index (χ0) is 14.7. The number of ether oxygens (including phenoxy) is 2. The Balaban J connectivity index is 2.58. The first-order chi connectivity index (χ1) is 9.62. The van der Waals surface area contributed by atoms with Gasteiger partial charge in [0.15, 0.2) is 5.82 Å². The second-order valence-corrected chi connectivity index (χ2v) is 4.45. The van der Waals surface area contributed by atoms with Crippen molar-refractivity contribution in [3.8, 4) is 22.8 Å². The molecule has 0 radical (unpaired) electrons. The molecule has 2 aromatic rings. The molecule has 0 amide bonds. The summed E-state index contributed by atoms with van der Waals surface area (Å²) < 4.78 is 12.0. The summed E-state index contributed by atoms with van der Waals surface area (Å²) in [6.07, 6.45) is 1.72. The van der Waals surface area contributed by atoms with Crippen LogP contribution in [0, 0.1) is 0 Å². The van der Waals surface area contributed by atoms with Crippen molar-refractivity contribution in [3.05, 3.63) is 24.0 Å². The second kappa shape index (κ2) is 5.73. The molecule has 0 aliphatic rings. The molecule has 20 heavy (non-hydrogen) atoms. The van der Waals surface area contributed by atoms with Gasteiger partial charge in [-0.15, -0.1) is 0 Å². The number of imidazole rings is 1. The number of nitrogens with two attached hydrogens (primary N) is 2. The van der Waals surface area contributed by atoms with E-state index in [0.29, 0.717) is 23.0 Å². The second-order valence-electron chi connectivity index (χ2n) is 4.45. The lowest BCUT2D eigenvalue weighted by Gasteiger charge is -2.09.